The minimum absolute atomic E-state index is 0.0125. The van der Waals surface area contributed by atoms with Crippen molar-refractivity contribution in [2.45, 2.75) is 32.1 Å². The van der Waals surface area contributed by atoms with E-state index in [2.05, 4.69) is 5.32 Å². The first-order chi connectivity index (χ1) is 10.6. The van der Waals surface area contributed by atoms with Gasteiger partial charge < -0.3 is 10.2 Å². The average Bonchev–Trinajstić information content (AvgIpc) is 2.95. The zero-order valence-corrected chi connectivity index (χ0v) is 12.6. The fourth-order valence-electron chi connectivity index (χ4n) is 3.51. The molecule has 0 bridgehead atoms. The molecule has 2 amide bonds. The molecule has 2 saturated heterocycles. The Morgan fingerprint density at radius 1 is 1.32 bits per heavy atom. The van der Waals surface area contributed by atoms with Crippen molar-refractivity contribution >= 4 is 11.8 Å². The van der Waals surface area contributed by atoms with E-state index in [1.165, 1.54) is 6.07 Å². The topological polar surface area (TPSA) is 49.4 Å². The van der Waals surface area contributed by atoms with Crippen LogP contribution in [0.4, 0.5) is 4.39 Å². The minimum Gasteiger partial charge on any atom is -0.356 e. The first kappa shape index (κ1) is 15.0. The molecule has 1 atom stereocenters. The Balaban J connectivity index is 1.58. The molecular formula is C17H21FN2O2. The van der Waals surface area contributed by atoms with Crippen molar-refractivity contribution in [1.29, 1.82) is 0 Å². The van der Waals surface area contributed by atoms with Crippen LogP contribution in [0.3, 0.4) is 0 Å². The molecule has 2 aliphatic heterocycles. The number of benzene rings is 1. The second kappa shape index (κ2) is 6.07. The van der Waals surface area contributed by atoms with E-state index in [1.54, 1.807) is 23.1 Å². The summed E-state index contributed by atoms with van der Waals surface area (Å²) in [5.74, 6) is -0.165. The van der Waals surface area contributed by atoms with Crippen LogP contribution in [0.5, 0.6) is 0 Å². The number of hydrogen-bond donors (Lipinski definition) is 1. The molecule has 5 heteroatoms. The van der Waals surface area contributed by atoms with Crippen molar-refractivity contribution < 1.29 is 14.0 Å². The Hall–Kier alpha value is -1.91. The molecular weight excluding hydrogens is 283 g/mol. The highest BCUT2D eigenvalue weighted by Gasteiger charge is 2.46. The molecule has 0 saturated carbocycles. The lowest BCUT2D eigenvalue weighted by molar-refractivity contribution is -0.134. The number of carbonyl (C=O) groups is 2. The summed E-state index contributed by atoms with van der Waals surface area (Å²) >= 11 is 0. The fourth-order valence-corrected chi connectivity index (χ4v) is 3.51. The third kappa shape index (κ3) is 2.85. The number of nitrogens with one attached hydrogen (secondary N) is 1. The molecule has 1 aromatic carbocycles. The Labute approximate surface area is 129 Å². The molecule has 2 heterocycles. The van der Waals surface area contributed by atoms with E-state index in [9.17, 15) is 14.0 Å². The summed E-state index contributed by atoms with van der Waals surface area (Å²) in [6, 6.07) is 6.55. The third-order valence-corrected chi connectivity index (χ3v) is 4.87. The average molecular weight is 304 g/mol. The van der Waals surface area contributed by atoms with E-state index < -0.39 is 0 Å². The summed E-state index contributed by atoms with van der Waals surface area (Å²) < 4.78 is 13.6. The number of carbonyl (C=O) groups excluding carboxylic acids is 2. The number of aryl methyl sites for hydroxylation is 1. The zero-order valence-electron chi connectivity index (χ0n) is 12.6. The standard InChI is InChI=1S/C17H21FN2O2/c18-14-5-2-1-4-13(14)6-7-15(21)20-11-9-17(12-20)8-3-10-19-16(17)22/h1-2,4-5H,3,6-12H2,(H,19,22). The van der Waals surface area contributed by atoms with Gasteiger partial charge in [-0.15, -0.1) is 0 Å². The lowest BCUT2D eigenvalue weighted by Gasteiger charge is -2.32. The number of halogens is 1. The van der Waals surface area contributed by atoms with Gasteiger partial charge in [-0.25, -0.2) is 4.39 Å². The summed E-state index contributed by atoms with van der Waals surface area (Å²) in [7, 11) is 0. The van der Waals surface area contributed by atoms with Gasteiger partial charge in [0.25, 0.3) is 0 Å². The molecule has 2 fully saturated rings. The fraction of sp³-hybridized carbons (Fsp3) is 0.529. The number of piperidine rings is 1. The smallest absolute Gasteiger partial charge is 0.228 e. The van der Waals surface area contributed by atoms with Crippen LogP contribution in [0.1, 0.15) is 31.2 Å². The summed E-state index contributed by atoms with van der Waals surface area (Å²) in [5, 5.41) is 2.91. The van der Waals surface area contributed by atoms with Crippen LogP contribution >= 0.6 is 0 Å². The first-order valence-electron chi connectivity index (χ1n) is 7.90. The Kier molecular flexibility index (Phi) is 4.14. The maximum absolute atomic E-state index is 13.6. The second-order valence-electron chi connectivity index (χ2n) is 6.30. The van der Waals surface area contributed by atoms with E-state index >= 15 is 0 Å². The van der Waals surface area contributed by atoms with Crippen LogP contribution in [0.2, 0.25) is 0 Å². The highest BCUT2D eigenvalue weighted by molar-refractivity contribution is 5.86. The molecule has 0 aliphatic carbocycles. The first-order valence-corrected chi connectivity index (χ1v) is 7.90. The van der Waals surface area contributed by atoms with Crippen LogP contribution in [0.15, 0.2) is 24.3 Å². The van der Waals surface area contributed by atoms with Crippen LogP contribution in [-0.4, -0.2) is 36.3 Å². The quantitative estimate of drug-likeness (QED) is 0.927. The van der Waals surface area contributed by atoms with Crippen molar-refractivity contribution in [2.24, 2.45) is 5.41 Å². The van der Waals surface area contributed by atoms with Gasteiger partial charge in [-0.05, 0) is 37.3 Å². The molecule has 1 unspecified atom stereocenters. The van der Waals surface area contributed by atoms with Crippen LogP contribution in [-0.2, 0) is 16.0 Å². The summed E-state index contributed by atoms with van der Waals surface area (Å²) in [4.78, 5) is 26.2. The van der Waals surface area contributed by atoms with Gasteiger partial charge in [-0.1, -0.05) is 18.2 Å². The predicted molar refractivity (Wildman–Crippen MR) is 80.6 cm³/mol. The lowest BCUT2D eigenvalue weighted by atomic mass is 9.79. The van der Waals surface area contributed by atoms with E-state index in [0.717, 1.165) is 25.8 Å². The Morgan fingerprint density at radius 3 is 2.91 bits per heavy atom. The van der Waals surface area contributed by atoms with Gasteiger partial charge in [-0.2, -0.15) is 0 Å². The zero-order chi connectivity index (χ0) is 15.6. The van der Waals surface area contributed by atoms with Crippen molar-refractivity contribution in [3.63, 3.8) is 0 Å². The Morgan fingerprint density at radius 2 is 2.14 bits per heavy atom. The summed E-state index contributed by atoms with van der Waals surface area (Å²) in [6.45, 7) is 1.88. The maximum atomic E-state index is 13.6. The monoisotopic (exact) mass is 304 g/mol. The summed E-state index contributed by atoms with van der Waals surface area (Å²) in [6.07, 6.45) is 3.27. The second-order valence-corrected chi connectivity index (χ2v) is 6.30. The van der Waals surface area contributed by atoms with Crippen molar-refractivity contribution in [3.8, 4) is 0 Å². The molecule has 1 spiro atoms. The minimum atomic E-state index is -0.383. The molecule has 2 aliphatic rings. The molecule has 1 N–H and O–H groups in total. The van der Waals surface area contributed by atoms with Crippen LogP contribution in [0, 0.1) is 11.2 Å². The van der Waals surface area contributed by atoms with Crippen molar-refractivity contribution in [1.82, 2.24) is 10.2 Å². The molecule has 1 aromatic rings. The molecule has 0 radical (unpaired) electrons. The van der Waals surface area contributed by atoms with Gasteiger partial charge >= 0.3 is 0 Å². The highest BCUT2D eigenvalue weighted by atomic mass is 19.1. The van der Waals surface area contributed by atoms with E-state index in [1.807, 2.05) is 0 Å². The van der Waals surface area contributed by atoms with Crippen molar-refractivity contribution in [2.75, 3.05) is 19.6 Å². The van der Waals surface area contributed by atoms with Gasteiger partial charge in [0.15, 0.2) is 0 Å². The number of amides is 2. The van der Waals surface area contributed by atoms with E-state index in [-0.39, 0.29) is 23.0 Å². The highest BCUT2D eigenvalue weighted by Crippen LogP contribution is 2.37. The Bertz CT molecular complexity index is 590. The molecule has 0 aromatic heterocycles. The van der Waals surface area contributed by atoms with Gasteiger partial charge in [0, 0.05) is 26.1 Å². The molecule has 118 valence electrons. The SMILES string of the molecule is O=C(CCc1ccccc1F)N1CCC2(CCCNC2=O)C1. The number of nitrogens with zero attached hydrogens (tertiary/aromatic N) is 1. The molecule has 3 rings (SSSR count). The van der Waals surface area contributed by atoms with E-state index in [0.29, 0.717) is 31.5 Å². The normalized spacial score (nSPS) is 24.6. The number of rotatable bonds is 3. The maximum Gasteiger partial charge on any atom is 0.228 e. The van der Waals surface area contributed by atoms with Crippen LogP contribution < -0.4 is 5.32 Å². The number of likely N-dealkylation sites (tertiary alicyclic amines) is 1. The van der Waals surface area contributed by atoms with Crippen LogP contribution in [0.25, 0.3) is 0 Å². The van der Waals surface area contributed by atoms with Gasteiger partial charge in [0.1, 0.15) is 5.82 Å². The molecule has 4 nitrogen and oxygen atoms in total. The predicted octanol–water partition coefficient (Wildman–Crippen LogP) is 1.89. The van der Waals surface area contributed by atoms with Gasteiger partial charge in [-0.3, -0.25) is 9.59 Å². The largest absolute Gasteiger partial charge is 0.356 e. The van der Waals surface area contributed by atoms with Crippen molar-refractivity contribution in [3.05, 3.63) is 35.6 Å². The van der Waals surface area contributed by atoms with Gasteiger partial charge in [0.2, 0.25) is 11.8 Å². The summed E-state index contributed by atoms with van der Waals surface area (Å²) in [5.41, 5.74) is 0.187. The van der Waals surface area contributed by atoms with Gasteiger partial charge in [0.05, 0.1) is 5.41 Å². The number of hydrogen-bond acceptors (Lipinski definition) is 2. The van der Waals surface area contributed by atoms with E-state index in [4.69, 9.17) is 0 Å². The lowest BCUT2D eigenvalue weighted by Crippen LogP contribution is -2.47. The third-order valence-electron chi connectivity index (χ3n) is 4.87. The molecule has 22 heavy (non-hydrogen) atoms.